The maximum Gasteiger partial charge on any atom is 0.194 e. The fraction of sp³-hybridized carbons (Fsp3) is 0.857. The van der Waals surface area contributed by atoms with E-state index >= 15 is 0 Å². The van der Waals surface area contributed by atoms with Gasteiger partial charge in [-0.1, -0.05) is 25.7 Å². The lowest BCUT2D eigenvalue weighted by atomic mass is 10.1. The van der Waals surface area contributed by atoms with Gasteiger partial charge in [0.15, 0.2) is 21.7 Å². The smallest absolute Gasteiger partial charge is 0.194 e. The third-order valence-electron chi connectivity index (χ3n) is 4.40. The Kier molecular flexibility index (Phi) is 8.15. The normalized spacial score (nSPS) is 20.5. The average molecular weight is 370 g/mol. The highest BCUT2D eigenvalue weighted by Gasteiger charge is 2.21. The van der Waals surface area contributed by atoms with Crippen LogP contribution in [0.2, 0.25) is 0 Å². The molecule has 0 aromatic heterocycles. The van der Waals surface area contributed by atoms with Gasteiger partial charge in [0.25, 0.3) is 0 Å². The van der Waals surface area contributed by atoms with E-state index in [0.29, 0.717) is 38.1 Å². The van der Waals surface area contributed by atoms with Gasteiger partial charge in [0.05, 0.1) is 36.6 Å². The molecule has 2 heterocycles. The van der Waals surface area contributed by atoms with E-state index in [4.69, 9.17) is 0 Å². The second-order valence-electron chi connectivity index (χ2n) is 6.33. The maximum atomic E-state index is 10.5. The van der Waals surface area contributed by atoms with Crippen LogP contribution in [0.25, 0.3) is 0 Å². The van der Waals surface area contributed by atoms with Crippen molar-refractivity contribution < 1.29 is 10.1 Å². The molecular weight excluding hydrogens is 344 g/mol. The molecule has 0 bridgehead atoms. The Morgan fingerprint density at radius 1 is 0.769 bits per heavy atom. The second kappa shape index (κ2) is 10.6. The third kappa shape index (κ3) is 6.88. The fourth-order valence-electron chi connectivity index (χ4n) is 3.13. The summed E-state index contributed by atoms with van der Waals surface area (Å²) in [5.74, 6) is 1.00. The third-order valence-corrected chi connectivity index (χ3v) is 4.40. The number of nitrogens with zero attached hydrogens (tertiary/aromatic N) is 6. The summed E-state index contributed by atoms with van der Waals surface area (Å²) in [5, 5.41) is 32.6. The topological polar surface area (TPSA) is 142 Å². The summed E-state index contributed by atoms with van der Waals surface area (Å²) in [6.45, 7) is 3.69. The SMILES string of the molecule is O=[N+]([O-])/N=C1\CNCN1CCCCCCCCN1CNC/C1=N\[N+](=O)[O-]. The van der Waals surface area contributed by atoms with Gasteiger partial charge < -0.3 is 9.80 Å². The number of rotatable bonds is 11. The molecule has 0 amide bonds. The molecule has 2 rings (SSSR count). The zero-order valence-corrected chi connectivity index (χ0v) is 14.8. The van der Waals surface area contributed by atoms with Crippen LogP contribution in [0.4, 0.5) is 0 Å². The van der Waals surface area contributed by atoms with Crippen LogP contribution in [0.15, 0.2) is 10.2 Å². The van der Waals surface area contributed by atoms with E-state index in [1.807, 2.05) is 9.80 Å². The van der Waals surface area contributed by atoms with Crippen LogP contribution in [0.5, 0.6) is 0 Å². The second-order valence-corrected chi connectivity index (χ2v) is 6.33. The molecule has 0 aliphatic carbocycles. The largest absolute Gasteiger partial charge is 0.341 e. The summed E-state index contributed by atoms with van der Waals surface area (Å²) < 4.78 is 0. The van der Waals surface area contributed by atoms with E-state index in [2.05, 4.69) is 20.8 Å². The minimum Gasteiger partial charge on any atom is -0.341 e. The van der Waals surface area contributed by atoms with Gasteiger partial charge in [0.2, 0.25) is 0 Å². The molecule has 0 spiro atoms. The number of hydrogen-bond acceptors (Lipinski definition) is 6. The zero-order chi connectivity index (χ0) is 18.8. The summed E-state index contributed by atoms with van der Waals surface area (Å²) in [7, 11) is 0. The molecular formula is C14H26N8O4. The fourth-order valence-corrected chi connectivity index (χ4v) is 3.13. The van der Waals surface area contributed by atoms with Crippen molar-refractivity contribution in [1.82, 2.24) is 20.4 Å². The Bertz CT molecular complexity index is 505. The number of amidine groups is 2. The zero-order valence-electron chi connectivity index (χ0n) is 14.8. The quantitative estimate of drug-likeness (QED) is 0.299. The number of hydrazone groups is 2. The van der Waals surface area contributed by atoms with E-state index in [1.54, 1.807) is 0 Å². The molecule has 2 saturated heterocycles. The van der Waals surface area contributed by atoms with Crippen LogP contribution >= 0.6 is 0 Å². The summed E-state index contributed by atoms with van der Waals surface area (Å²) in [5.41, 5.74) is 0. The Balaban J connectivity index is 1.51. The highest BCUT2D eigenvalue weighted by Crippen LogP contribution is 2.09. The molecule has 0 unspecified atom stereocenters. The average Bonchev–Trinajstić information content (AvgIpc) is 3.18. The van der Waals surface area contributed by atoms with Crippen LogP contribution in [0.3, 0.4) is 0 Å². The molecule has 2 N–H and O–H groups in total. The molecule has 146 valence electrons. The molecule has 26 heavy (non-hydrogen) atoms. The van der Waals surface area contributed by atoms with E-state index in [9.17, 15) is 20.2 Å². The first-order valence-electron chi connectivity index (χ1n) is 8.91. The minimum atomic E-state index is -0.646. The molecule has 0 aromatic rings. The van der Waals surface area contributed by atoms with Gasteiger partial charge in [-0.25, -0.2) is 20.2 Å². The number of nitro groups is 2. The highest BCUT2D eigenvalue weighted by molar-refractivity contribution is 5.85. The lowest BCUT2D eigenvalue weighted by Gasteiger charge is -2.16. The first-order chi connectivity index (χ1) is 12.6. The first-order valence-corrected chi connectivity index (χ1v) is 8.91. The van der Waals surface area contributed by atoms with Crippen molar-refractivity contribution in [3.63, 3.8) is 0 Å². The van der Waals surface area contributed by atoms with Crippen molar-refractivity contribution >= 4 is 11.7 Å². The van der Waals surface area contributed by atoms with Crippen LogP contribution in [0, 0.1) is 20.2 Å². The summed E-state index contributed by atoms with van der Waals surface area (Å²) in [6.07, 6.45) is 6.32. The van der Waals surface area contributed by atoms with Crippen molar-refractivity contribution in [2.24, 2.45) is 10.2 Å². The van der Waals surface area contributed by atoms with Gasteiger partial charge in [0.1, 0.15) is 0 Å². The predicted octanol–water partition coefficient (Wildman–Crippen LogP) is 0.233. The van der Waals surface area contributed by atoms with Gasteiger partial charge in [-0.05, 0) is 12.8 Å². The summed E-state index contributed by atoms with van der Waals surface area (Å²) in [6, 6.07) is 0. The van der Waals surface area contributed by atoms with Gasteiger partial charge in [-0.15, -0.1) is 0 Å². The standard InChI is InChI=1S/C14H26N8O4/c23-21(24)17-13-9-15-11-19(13)7-5-3-1-2-4-6-8-20-12-16-10-14(20)18-22(25)26/h15-16H,1-12H2/b17-13+,18-14+. The molecule has 2 aliphatic heterocycles. The van der Waals surface area contributed by atoms with Gasteiger partial charge >= 0.3 is 0 Å². The number of unbranched alkanes of at least 4 members (excludes halogenated alkanes) is 5. The van der Waals surface area contributed by atoms with E-state index in [-0.39, 0.29) is 0 Å². The van der Waals surface area contributed by atoms with Crippen molar-refractivity contribution in [2.45, 2.75) is 38.5 Å². The highest BCUT2D eigenvalue weighted by atomic mass is 16.7. The maximum absolute atomic E-state index is 10.5. The van der Waals surface area contributed by atoms with E-state index in [1.165, 1.54) is 0 Å². The summed E-state index contributed by atoms with van der Waals surface area (Å²) in [4.78, 5) is 24.8. The Morgan fingerprint density at radius 3 is 1.54 bits per heavy atom. The molecule has 12 heteroatoms. The monoisotopic (exact) mass is 370 g/mol. The molecule has 2 fully saturated rings. The van der Waals surface area contributed by atoms with Crippen molar-refractivity contribution in [2.75, 3.05) is 39.5 Å². The molecule has 0 radical (unpaired) electrons. The van der Waals surface area contributed by atoms with E-state index < -0.39 is 10.1 Å². The number of hydrogen-bond donors (Lipinski definition) is 2. The summed E-state index contributed by atoms with van der Waals surface area (Å²) >= 11 is 0. The predicted molar refractivity (Wildman–Crippen MR) is 95.7 cm³/mol. The lowest BCUT2D eigenvalue weighted by Crippen LogP contribution is -2.28. The Hall–Kier alpha value is -2.34. The van der Waals surface area contributed by atoms with Gasteiger partial charge in [0, 0.05) is 13.1 Å². The van der Waals surface area contributed by atoms with E-state index in [0.717, 1.165) is 51.6 Å². The van der Waals surface area contributed by atoms with Crippen LogP contribution in [0.1, 0.15) is 38.5 Å². The van der Waals surface area contributed by atoms with Crippen LogP contribution in [-0.2, 0) is 0 Å². The van der Waals surface area contributed by atoms with Gasteiger partial charge in [-0.2, -0.15) is 0 Å². The van der Waals surface area contributed by atoms with Crippen LogP contribution < -0.4 is 10.6 Å². The van der Waals surface area contributed by atoms with Crippen molar-refractivity contribution in [3.05, 3.63) is 20.2 Å². The molecule has 0 saturated carbocycles. The lowest BCUT2D eigenvalue weighted by molar-refractivity contribution is -0.485. The molecule has 0 aromatic carbocycles. The first kappa shape index (κ1) is 20.0. The Morgan fingerprint density at radius 2 is 1.15 bits per heavy atom. The molecule has 0 atom stereocenters. The number of nitrogens with one attached hydrogen (secondary N) is 2. The Labute approximate surface area is 151 Å². The minimum absolute atomic E-state index is 0.452. The molecule has 12 nitrogen and oxygen atoms in total. The van der Waals surface area contributed by atoms with Gasteiger partial charge in [-0.3, -0.25) is 10.6 Å². The molecule has 2 aliphatic rings. The van der Waals surface area contributed by atoms with Crippen molar-refractivity contribution in [1.29, 1.82) is 0 Å². The van der Waals surface area contributed by atoms with Crippen molar-refractivity contribution in [3.8, 4) is 0 Å². The van der Waals surface area contributed by atoms with Crippen LogP contribution in [-0.4, -0.2) is 71.1 Å².